The monoisotopic (exact) mass is 334 g/mol. The number of esters is 1. The molecule has 4 heteroatoms. The van der Waals surface area contributed by atoms with Crippen molar-refractivity contribution in [2.24, 2.45) is 0 Å². The van der Waals surface area contributed by atoms with Crippen molar-refractivity contribution in [2.75, 3.05) is 0 Å². The Morgan fingerprint density at radius 2 is 1.76 bits per heavy atom. The van der Waals surface area contributed by atoms with Gasteiger partial charge in [0, 0.05) is 18.9 Å². The molecule has 1 atom stereocenters. The van der Waals surface area contributed by atoms with Crippen molar-refractivity contribution < 1.29 is 9.53 Å². The van der Waals surface area contributed by atoms with Crippen LogP contribution in [-0.2, 0) is 22.7 Å². The van der Waals surface area contributed by atoms with Gasteiger partial charge in [-0.05, 0) is 17.5 Å². The van der Waals surface area contributed by atoms with E-state index >= 15 is 0 Å². The number of ether oxygens (including phenoxy) is 1. The first kappa shape index (κ1) is 17.0. The number of rotatable bonds is 7. The molecule has 128 valence electrons. The molecule has 2 aromatic carbocycles. The van der Waals surface area contributed by atoms with E-state index in [2.05, 4.69) is 17.1 Å². The van der Waals surface area contributed by atoms with E-state index in [1.165, 1.54) is 5.56 Å². The van der Waals surface area contributed by atoms with Crippen molar-refractivity contribution in [3.05, 3.63) is 90.0 Å². The maximum Gasteiger partial charge on any atom is 0.313 e. The van der Waals surface area contributed by atoms with Crippen LogP contribution in [0.2, 0.25) is 0 Å². The van der Waals surface area contributed by atoms with Gasteiger partial charge in [-0.3, -0.25) is 4.79 Å². The maximum atomic E-state index is 12.5. The Hall–Kier alpha value is -2.88. The van der Waals surface area contributed by atoms with Crippen LogP contribution >= 0.6 is 0 Å². The molecule has 0 bridgehead atoms. The van der Waals surface area contributed by atoms with Crippen LogP contribution in [0.1, 0.15) is 36.2 Å². The van der Waals surface area contributed by atoms with Crippen LogP contribution in [-0.4, -0.2) is 15.5 Å². The SMILES string of the molecule is CCC(C(=O)OCc1nccn1Cc1ccccc1)c1ccccc1. The Kier molecular flexibility index (Phi) is 5.62. The molecular weight excluding hydrogens is 312 g/mol. The van der Waals surface area contributed by atoms with Crippen molar-refractivity contribution in [2.45, 2.75) is 32.4 Å². The molecule has 0 N–H and O–H groups in total. The number of carbonyl (C=O) groups is 1. The van der Waals surface area contributed by atoms with E-state index in [9.17, 15) is 4.79 Å². The topological polar surface area (TPSA) is 44.1 Å². The highest BCUT2D eigenvalue weighted by molar-refractivity contribution is 5.78. The lowest BCUT2D eigenvalue weighted by Gasteiger charge is -2.15. The van der Waals surface area contributed by atoms with Gasteiger partial charge in [-0.1, -0.05) is 67.6 Å². The summed E-state index contributed by atoms with van der Waals surface area (Å²) in [5.41, 5.74) is 2.17. The Morgan fingerprint density at radius 3 is 2.44 bits per heavy atom. The Morgan fingerprint density at radius 1 is 1.08 bits per heavy atom. The van der Waals surface area contributed by atoms with E-state index in [1.54, 1.807) is 6.20 Å². The fourth-order valence-corrected chi connectivity index (χ4v) is 2.86. The van der Waals surface area contributed by atoms with Gasteiger partial charge >= 0.3 is 5.97 Å². The molecule has 0 saturated heterocycles. The highest BCUT2D eigenvalue weighted by atomic mass is 16.5. The van der Waals surface area contributed by atoms with Crippen molar-refractivity contribution in [1.29, 1.82) is 0 Å². The van der Waals surface area contributed by atoms with Gasteiger partial charge in [-0.15, -0.1) is 0 Å². The second-order valence-electron chi connectivity index (χ2n) is 5.94. The first-order chi connectivity index (χ1) is 12.3. The third kappa shape index (κ3) is 4.35. The van der Waals surface area contributed by atoms with Crippen molar-refractivity contribution in [3.8, 4) is 0 Å². The number of aromatic nitrogens is 2. The van der Waals surface area contributed by atoms with E-state index in [1.807, 2.05) is 66.2 Å². The molecule has 1 heterocycles. The third-order valence-electron chi connectivity index (χ3n) is 4.24. The predicted molar refractivity (Wildman–Crippen MR) is 97.0 cm³/mol. The smallest absolute Gasteiger partial charge is 0.313 e. The summed E-state index contributed by atoms with van der Waals surface area (Å²) in [4.78, 5) is 16.8. The molecule has 1 aromatic heterocycles. The molecule has 0 aliphatic heterocycles. The molecule has 4 nitrogen and oxygen atoms in total. The number of benzene rings is 2. The molecule has 3 aromatic rings. The lowest BCUT2D eigenvalue weighted by molar-refractivity contribution is -0.147. The summed E-state index contributed by atoms with van der Waals surface area (Å²) in [6.07, 6.45) is 4.35. The largest absolute Gasteiger partial charge is 0.457 e. The Balaban J connectivity index is 1.64. The van der Waals surface area contributed by atoms with E-state index < -0.39 is 0 Å². The average molecular weight is 334 g/mol. The molecule has 0 saturated carbocycles. The van der Waals surface area contributed by atoms with Crippen LogP contribution in [0, 0.1) is 0 Å². The molecule has 3 rings (SSSR count). The standard InChI is InChI=1S/C21H22N2O2/c1-2-19(18-11-7-4-8-12-18)21(24)25-16-20-22-13-14-23(20)15-17-9-5-3-6-10-17/h3-14,19H,2,15-16H2,1H3. The summed E-state index contributed by atoms with van der Waals surface area (Å²) in [5.74, 6) is 0.307. The van der Waals surface area contributed by atoms with Gasteiger partial charge in [0.25, 0.3) is 0 Å². The molecule has 25 heavy (non-hydrogen) atoms. The van der Waals surface area contributed by atoms with E-state index in [0.717, 1.165) is 11.4 Å². The van der Waals surface area contributed by atoms with Gasteiger partial charge in [0.1, 0.15) is 12.4 Å². The first-order valence-corrected chi connectivity index (χ1v) is 8.53. The molecule has 0 spiro atoms. The van der Waals surface area contributed by atoms with Crippen LogP contribution in [0.25, 0.3) is 0 Å². The number of nitrogens with zero attached hydrogens (tertiary/aromatic N) is 2. The number of imidazole rings is 1. The minimum absolute atomic E-state index is 0.183. The second kappa shape index (κ2) is 8.29. The van der Waals surface area contributed by atoms with Gasteiger partial charge in [0.2, 0.25) is 0 Å². The van der Waals surface area contributed by atoms with Crippen molar-refractivity contribution in [1.82, 2.24) is 9.55 Å². The Labute approximate surface area is 148 Å². The molecule has 1 unspecified atom stereocenters. The van der Waals surface area contributed by atoms with Gasteiger partial charge in [-0.2, -0.15) is 0 Å². The number of carbonyl (C=O) groups excluding carboxylic acids is 1. The summed E-state index contributed by atoms with van der Waals surface area (Å²) in [5, 5.41) is 0. The van der Waals surface area contributed by atoms with Crippen LogP contribution < -0.4 is 0 Å². The molecule has 0 fully saturated rings. The van der Waals surface area contributed by atoms with Gasteiger partial charge in [-0.25, -0.2) is 4.98 Å². The predicted octanol–water partition coefficient (Wildman–Crippen LogP) is 4.17. The van der Waals surface area contributed by atoms with E-state index in [-0.39, 0.29) is 18.5 Å². The number of hydrogen-bond donors (Lipinski definition) is 0. The normalized spacial score (nSPS) is 11.9. The summed E-state index contributed by atoms with van der Waals surface area (Å²) in [7, 11) is 0. The lowest BCUT2D eigenvalue weighted by Crippen LogP contribution is -2.17. The highest BCUT2D eigenvalue weighted by Crippen LogP contribution is 2.21. The van der Waals surface area contributed by atoms with E-state index in [4.69, 9.17) is 4.74 Å². The first-order valence-electron chi connectivity index (χ1n) is 8.53. The van der Waals surface area contributed by atoms with Gasteiger partial charge in [0.05, 0.1) is 5.92 Å². The van der Waals surface area contributed by atoms with Crippen LogP contribution in [0.15, 0.2) is 73.1 Å². The van der Waals surface area contributed by atoms with Gasteiger partial charge in [0.15, 0.2) is 0 Å². The number of hydrogen-bond acceptors (Lipinski definition) is 3. The molecular formula is C21H22N2O2. The van der Waals surface area contributed by atoms with E-state index in [0.29, 0.717) is 13.0 Å². The fourth-order valence-electron chi connectivity index (χ4n) is 2.86. The molecule has 0 aliphatic rings. The molecule has 0 aliphatic carbocycles. The average Bonchev–Trinajstić information content (AvgIpc) is 3.09. The quantitative estimate of drug-likeness (QED) is 0.609. The van der Waals surface area contributed by atoms with Crippen LogP contribution in [0.4, 0.5) is 0 Å². The van der Waals surface area contributed by atoms with Crippen LogP contribution in [0.3, 0.4) is 0 Å². The molecule has 0 amide bonds. The summed E-state index contributed by atoms with van der Waals surface area (Å²) < 4.78 is 7.56. The summed E-state index contributed by atoms with van der Waals surface area (Å²) >= 11 is 0. The summed E-state index contributed by atoms with van der Waals surface area (Å²) in [6.45, 7) is 2.89. The lowest BCUT2D eigenvalue weighted by atomic mass is 9.97. The minimum Gasteiger partial charge on any atom is -0.457 e. The highest BCUT2D eigenvalue weighted by Gasteiger charge is 2.20. The molecule has 0 radical (unpaired) electrons. The fraction of sp³-hybridized carbons (Fsp3) is 0.238. The Bertz CT molecular complexity index is 797. The van der Waals surface area contributed by atoms with Crippen LogP contribution in [0.5, 0.6) is 0 Å². The third-order valence-corrected chi connectivity index (χ3v) is 4.24. The zero-order valence-corrected chi connectivity index (χ0v) is 14.3. The van der Waals surface area contributed by atoms with Gasteiger partial charge < -0.3 is 9.30 Å². The zero-order chi connectivity index (χ0) is 17.5. The zero-order valence-electron chi connectivity index (χ0n) is 14.3. The second-order valence-corrected chi connectivity index (χ2v) is 5.94. The maximum absolute atomic E-state index is 12.5. The summed E-state index contributed by atoms with van der Waals surface area (Å²) in [6, 6.07) is 19.9. The van der Waals surface area contributed by atoms with Crippen molar-refractivity contribution in [3.63, 3.8) is 0 Å². The van der Waals surface area contributed by atoms with Crippen molar-refractivity contribution >= 4 is 5.97 Å². The minimum atomic E-state index is -0.237.